The number of aromatic amines is 1. The normalized spacial score (nSPS) is 10.6. The first-order chi connectivity index (χ1) is 12.1. The van der Waals surface area contributed by atoms with E-state index in [0.29, 0.717) is 11.4 Å². The lowest BCUT2D eigenvalue weighted by Gasteiger charge is -2.11. The smallest absolute Gasteiger partial charge is 0.311 e. The Bertz CT molecular complexity index is 942. The third-order valence-electron chi connectivity index (χ3n) is 3.93. The van der Waals surface area contributed by atoms with Crippen molar-refractivity contribution < 1.29 is 9.53 Å². The molecule has 1 aromatic heterocycles. The quantitative estimate of drug-likeness (QED) is 0.538. The number of nitrogens with one attached hydrogen (secondary N) is 1. The zero-order valence-electron chi connectivity index (χ0n) is 14.3. The monoisotopic (exact) mass is 352 g/mol. The Morgan fingerprint density at radius 1 is 1.16 bits per heavy atom. The molecule has 3 aromatic rings. The van der Waals surface area contributed by atoms with Crippen LogP contribution in [0.3, 0.4) is 0 Å². The number of carbonyl (C=O) groups is 1. The van der Waals surface area contributed by atoms with Crippen LogP contribution in [0.4, 0.5) is 0 Å². The molecule has 0 aliphatic rings. The minimum atomic E-state index is -0.268. The first kappa shape index (κ1) is 17.2. The predicted molar refractivity (Wildman–Crippen MR) is 101 cm³/mol. The average molecular weight is 352 g/mol. The zero-order valence-corrected chi connectivity index (χ0v) is 15.1. The highest BCUT2D eigenvalue weighted by atomic mass is 32.1. The van der Waals surface area contributed by atoms with E-state index in [1.165, 1.54) is 0 Å². The van der Waals surface area contributed by atoms with E-state index < -0.39 is 0 Å². The van der Waals surface area contributed by atoms with Crippen molar-refractivity contribution >= 4 is 18.2 Å². The number of benzene rings is 2. The Hall–Kier alpha value is -2.66. The fourth-order valence-corrected chi connectivity index (χ4v) is 3.19. The summed E-state index contributed by atoms with van der Waals surface area (Å²) in [5, 5.41) is 0. The molecule has 1 N–H and O–H groups in total. The van der Waals surface area contributed by atoms with E-state index in [1.54, 1.807) is 6.92 Å². The summed E-state index contributed by atoms with van der Waals surface area (Å²) in [4.78, 5) is 15.4. The molecule has 0 radical (unpaired) electrons. The van der Waals surface area contributed by atoms with Crippen LogP contribution in [0.1, 0.15) is 18.2 Å². The predicted octanol–water partition coefficient (Wildman–Crippen LogP) is 4.62. The lowest BCUT2D eigenvalue weighted by atomic mass is 10.1. The van der Waals surface area contributed by atoms with E-state index in [4.69, 9.17) is 17.0 Å². The van der Waals surface area contributed by atoms with Crippen molar-refractivity contribution in [3.05, 3.63) is 70.6 Å². The SMILES string of the molecule is CCOC(=O)Cc1c(-c2ccccc2)[nH]c(=S)n1-c1cccc(C)c1. The minimum Gasteiger partial charge on any atom is -0.466 e. The molecule has 0 saturated heterocycles. The second-order valence-electron chi connectivity index (χ2n) is 5.77. The molecule has 0 amide bonds. The van der Waals surface area contributed by atoms with Crippen LogP contribution in [0, 0.1) is 11.7 Å². The van der Waals surface area contributed by atoms with Gasteiger partial charge in [-0.15, -0.1) is 0 Å². The summed E-state index contributed by atoms with van der Waals surface area (Å²) in [6.07, 6.45) is 0.152. The number of rotatable bonds is 5. The van der Waals surface area contributed by atoms with Gasteiger partial charge >= 0.3 is 5.97 Å². The average Bonchev–Trinajstić information content (AvgIpc) is 2.92. The number of imidazole rings is 1. The fraction of sp³-hybridized carbons (Fsp3) is 0.200. The molecule has 0 unspecified atom stereocenters. The van der Waals surface area contributed by atoms with Gasteiger partial charge in [-0.1, -0.05) is 42.5 Å². The van der Waals surface area contributed by atoms with E-state index in [9.17, 15) is 4.79 Å². The van der Waals surface area contributed by atoms with Gasteiger partial charge in [0.2, 0.25) is 0 Å². The maximum absolute atomic E-state index is 12.2. The largest absolute Gasteiger partial charge is 0.466 e. The standard InChI is InChI=1S/C20H20N2O2S/c1-3-24-18(23)13-17-19(15-9-5-4-6-10-15)21-20(25)22(17)16-11-7-8-14(2)12-16/h4-12H,3,13H2,1-2H3,(H,21,25). The van der Waals surface area contributed by atoms with Crippen LogP contribution in [0.5, 0.6) is 0 Å². The van der Waals surface area contributed by atoms with Gasteiger partial charge in [0, 0.05) is 5.69 Å². The van der Waals surface area contributed by atoms with Gasteiger partial charge in [-0.3, -0.25) is 9.36 Å². The van der Waals surface area contributed by atoms with Crippen molar-refractivity contribution in [2.75, 3.05) is 6.61 Å². The summed E-state index contributed by atoms with van der Waals surface area (Å²) in [5.41, 5.74) is 4.70. The van der Waals surface area contributed by atoms with E-state index in [1.807, 2.05) is 66.1 Å². The number of esters is 1. The fourth-order valence-electron chi connectivity index (χ4n) is 2.87. The topological polar surface area (TPSA) is 47.0 Å². The van der Waals surface area contributed by atoms with Gasteiger partial charge in [0.05, 0.1) is 24.4 Å². The van der Waals surface area contributed by atoms with E-state index in [0.717, 1.165) is 28.2 Å². The van der Waals surface area contributed by atoms with Crippen LogP contribution in [-0.4, -0.2) is 22.1 Å². The molecule has 4 nitrogen and oxygen atoms in total. The Balaban J connectivity index is 2.19. The minimum absolute atomic E-state index is 0.152. The summed E-state index contributed by atoms with van der Waals surface area (Å²) < 4.78 is 7.64. The van der Waals surface area contributed by atoms with Gasteiger partial charge < -0.3 is 9.72 Å². The van der Waals surface area contributed by atoms with Crippen molar-refractivity contribution in [1.29, 1.82) is 0 Å². The molecule has 0 atom stereocenters. The molecule has 2 aromatic carbocycles. The van der Waals surface area contributed by atoms with E-state index in [2.05, 4.69) is 4.98 Å². The molecule has 3 rings (SSSR count). The van der Waals surface area contributed by atoms with Crippen LogP contribution in [0.2, 0.25) is 0 Å². The third-order valence-corrected chi connectivity index (χ3v) is 4.22. The molecular formula is C20H20N2O2S. The maximum Gasteiger partial charge on any atom is 0.311 e. The highest BCUT2D eigenvalue weighted by Gasteiger charge is 2.18. The van der Waals surface area contributed by atoms with Gasteiger partial charge in [0.1, 0.15) is 0 Å². The summed E-state index contributed by atoms with van der Waals surface area (Å²) in [6, 6.07) is 17.9. The van der Waals surface area contributed by atoms with Gasteiger partial charge in [0.25, 0.3) is 0 Å². The zero-order chi connectivity index (χ0) is 17.8. The van der Waals surface area contributed by atoms with Gasteiger partial charge in [-0.05, 0) is 49.3 Å². The van der Waals surface area contributed by atoms with E-state index in [-0.39, 0.29) is 12.4 Å². The van der Waals surface area contributed by atoms with Crippen molar-refractivity contribution in [1.82, 2.24) is 9.55 Å². The Morgan fingerprint density at radius 2 is 1.92 bits per heavy atom. The molecule has 5 heteroatoms. The number of carbonyl (C=O) groups excluding carboxylic acids is 1. The van der Waals surface area contributed by atoms with Gasteiger partial charge in [0.15, 0.2) is 4.77 Å². The Morgan fingerprint density at radius 3 is 2.60 bits per heavy atom. The summed E-state index contributed by atoms with van der Waals surface area (Å²) in [7, 11) is 0. The molecular weight excluding hydrogens is 332 g/mol. The van der Waals surface area contributed by atoms with Crippen LogP contribution >= 0.6 is 12.2 Å². The molecule has 128 valence electrons. The number of hydrogen-bond acceptors (Lipinski definition) is 3. The summed E-state index contributed by atoms with van der Waals surface area (Å²) in [6.45, 7) is 4.19. The number of H-pyrrole nitrogens is 1. The van der Waals surface area contributed by atoms with Crippen LogP contribution in [0.25, 0.3) is 16.9 Å². The lowest BCUT2D eigenvalue weighted by Crippen LogP contribution is -2.12. The molecule has 0 spiro atoms. The summed E-state index contributed by atoms with van der Waals surface area (Å²) >= 11 is 5.56. The Labute approximate surface area is 152 Å². The van der Waals surface area contributed by atoms with Crippen molar-refractivity contribution in [2.45, 2.75) is 20.3 Å². The van der Waals surface area contributed by atoms with Crippen LogP contribution < -0.4 is 0 Å². The first-order valence-electron chi connectivity index (χ1n) is 8.22. The van der Waals surface area contributed by atoms with Crippen molar-refractivity contribution in [3.8, 4) is 16.9 Å². The van der Waals surface area contributed by atoms with Gasteiger partial charge in [-0.2, -0.15) is 0 Å². The Kier molecular flexibility index (Phi) is 5.14. The van der Waals surface area contributed by atoms with Crippen molar-refractivity contribution in [2.24, 2.45) is 0 Å². The lowest BCUT2D eigenvalue weighted by molar-refractivity contribution is -0.142. The summed E-state index contributed by atoms with van der Waals surface area (Å²) in [5.74, 6) is -0.268. The van der Waals surface area contributed by atoms with Gasteiger partial charge in [-0.25, -0.2) is 0 Å². The van der Waals surface area contributed by atoms with Crippen molar-refractivity contribution in [3.63, 3.8) is 0 Å². The molecule has 1 heterocycles. The highest BCUT2D eigenvalue weighted by molar-refractivity contribution is 7.71. The third kappa shape index (κ3) is 3.72. The molecule has 25 heavy (non-hydrogen) atoms. The number of aryl methyl sites for hydroxylation is 1. The maximum atomic E-state index is 12.2. The second kappa shape index (κ2) is 7.49. The highest BCUT2D eigenvalue weighted by Crippen LogP contribution is 2.26. The van der Waals surface area contributed by atoms with Crippen LogP contribution in [0.15, 0.2) is 54.6 Å². The molecule has 0 fully saturated rings. The number of aromatic nitrogens is 2. The molecule has 0 aliphatic heterocycles. The molecule has 0 bridgehead atoms. The van der Waals surface area contributed by atoms with Crippen LogP contribution in [-0.2, 0) is 16.0 Å². The molecule has 0 saturated carbocycles. The first-order valence-corrected chi connectivity index (χ1v) is 8.63. The number of ether oxygens (including phenoxy) is 1. The number of nitrogens with zero attached hydrogens (tertiary/aromatic N) is 1. The molecule has 0 aliphatic carbocycles. The van der Waals surface area contributed by atoms with E-state index >= 15 is 0 Å². The number of hydrogen-bond donors (Lipinski definition) is 1. The second-order valence-corrected chi connectivity index (χ2v) is 6.16.